The van der Waals surface area contributed by atoms with Crippen LogP contribution in [0, 0.1) is 0 Å². The van der Waals surface area contributed by atoms with Crippen LogP contribution in [-0.2, 0) is 0 Å². The van der Waals surface area contributed by atoms with Crippen LogP contribution in [0.3, 0.4) is 0 Å². The molecule has 0 aromatic carbocycles. The summed E-state index contributed by atoms with van der Waals surface area (Å²) in [6, 6.07) is 5.47. The summed E-state index contributed by atoms with van der Waals surface area (Å²) in [6.07, 6.45) is 3.21. The van der Waals surface area contributed by atoms with Crippen molar-refractivity contribution >= 4 is 5.82 Å². The molecule has 2 heterocycles. The van der Waals surface area contributed by atoms with E-state index in [2.05, 4.69) is 55.0 Å². The maximum absolute atomic E-state index is 4.64. The normalized spacial score (nSPS) is 26.1. The number of rotatable bonds is 3. The molecule has 0 amide bonds. The number of nitrogens with zero attached hydrogens (tertiary/aromatic N) is 2. The number of aromatic nitrogens is 1. The minimum atomic E-state index is 0.532. The Labute approximate surface area is 111 Å². The summed E-state index contributed by atoms with van der Waals surface area (Å²) in [7, 11) is 0. The molecule has 1 aromatic rings. The highest BCUT2D eigenvalue weighted by molar-refractivity contribution is 5.41. The number of piperazine rings is 1. The van der Waals surface area contributed by atoms with Crippen LogP contribution in [0.25, 0.3) is 0 Å². The third kappa shape index (κ3) is 3.02. The second-order valence-electron chi connectivity index (χ2n) is 5.63. The molecule has 18 heavy (non-hydrogen) atoms. The smallest absolute Gasteiger partial charge is 0.128 e. The van der Waals surface area contributed by atoms with E-state index < -0.39 is 0 Å². The van der Waals surface area contributed by atoms with Gasteiger partial charge in [-0.2, -0.15) is 0 Å². The Morgan fingerprint density at radius 1 is 1.33 bits per heavy atom. The van der Waals surface area contributed by atoms with Crippen molar-refractivity contribution in [3.63, 3.8) is 0 Å². The monoisotopic (exact) mass is 247 g/mol. The predicted molar refractivity (Wildman–Crippen MR) is 77.2 cm³/mol. The van der Waals surface area contributed by atoms with Crippen molar-refractivity contribution < 1.29 is 0 Å². The molecule has 0 aliphatic carbocycles. The Morgan fingerprint density at radius 3 is 2.50 bits per heavy atom. The van der Waals surface area contributed by atoms with Gasteiger partial charge in [0.2, 0.25) is 0 Å². The molecule has 1 N–H and O–H groups in total. The fourth-order valence-electron chi connectivity index (χ4n) is 2.63. The van der Waals surface area contributed by atoms with Gasteiger partial charge < -0.3 is 10.2 Å². The molecule has 0 saturated carbocycles. The zero-order chi connectivity index (χ0) is 13.1. The van der Waals surface area contributed by atoms with Gasteiger partial charge in [-0.3, -0.25) is 0 Å². The lowest BCUT2D eigenvalue weighted by atomic mass is 10.0. The van der Waals surface area contributed by atoms with Gasteiger partial charge in [0.05, 0.1) is 0 Å². The molecular formula is C15H25N3. The summed E-state index contributed by atoms with van der Waals surface area (Å²) in [5.41, 5.74) is 1.34. The van der Waals surface area contributed by atoms with Gasteiger partial charge in [-0.15, -0.1) is 0 Å². The fourth-order valence-corrected chi connectivity index (χ4v) is 2.63. The Hall–Kier alpha value is -1.09. The van der Waals surface area contributed by atoms with Gasteiger partial charge in [-0.05, 0) is 37.8 Å². The van der Waals surface area contributed by atoms with Crippen LogP contribution in [-0.4, -0.2) is 30.2 Å². The van der Waals surface area contributed by atoms with Gasteiger partial charge in [0.25, 0.3) is 0 Å². The average molecular weight is 247 g/mol. The second-order valence-corrected chi connectivity index (χ2v) is 5.63. The van der Waals surface area contributed by atoms with Gasteiger partial charge in [-0.1, -0.05) is 19.9 Å². The van der Waals surface area contributed by atoms with E-state index in [1.807, 2.05) is 6.20 Å². The standard InChI is InChI=1S/C15H25N3/c1-5-11(2)14-6-7-15(16-8-14)18-9-12(3)17-13(4)10-18/h6-8,11-13,17H,5,9-10H2,1-4H3/t11-,12-,13+/m0/s1. The van der Waals surface area contributed by atoms with E-state index in [0.717, 1.165) is 18.9 Å². The highest BCUT2D eigenvalue weighted by Gasteiger charge is 2.21. The molecular weight excluding hydrogens is 222 g/mol. The lowest BCUT2D eigenvalue weighted by Crippen LogP contribution is -2.54. The topological polar surface area (TPSA) is 28.2 Å². The first-order valence-electron chi connectivity index (χ1n) is 7.07. The Morgan fingerprint density at radius 2 is 2.00 bits per heavy atom. The van der Waals surface area contributed by atoms with Crippen LogP contribution >= 0.6 is 0 Å². The van der Waals surface area contributed by atoms with Crippen molar-refractivity contribution in [3.05, 3.63) is 23.9 Å². The first-order valence-corrected chi connectivity index (χ1v) is 7.07. The van der Waals surface area contributed by atoms with Crippen LogP contribution in [0.2, 0.25) is 0 Å². The molecule has 1 aliphatic rings. The lowest BCUT2D eigenvalue weighted by Gasteiger charge is -2.37. The lowest BCUT2D eigenvalue weighted by molar-refractivity contribution is 0.405. The molecule has 0 spiro atoms. The van der Waals surface area contributed by atoms with Gasteiger partial charge in [-0.25, -0.2) is 4.98 Å². The summed E-state index contributed by atoms with van der Waals surface area (Å²) < 4.78 is 0. The van der Waals surface area contributed by atoms with Crippen LogP contribution < -0.4 is 10.2 Å². The van der Waals surface area contributed by atoms with Gasteiger partial charge in [0.1, 0.15) is 5.82 Å². The van der Waals surface area contributed by atoms with E-state index in [0.29, 0.717) is 18.0 Å². The van der Waals surface area contributed by atoms with E-state index in [1.54, 1.807) is 0 Å². The van der Waals surface area contributed by atoms with E-state index in [9.17, 15) is 0 Å². The average Bonchev–Trinajstić information content (AvgIpc) is 2.37. The van der Waals surface area contributed by atoms with E-state index >= 15 is 0 Å². The van der Waals surface area contributed by atoms with Crippen molar-refractivity contribution in [1.29, 1.82) is 0 Å². The summed E-state index contributed by atoms with van der Waals surface area (Å²) in [6.45, 7) is 11.0. The molecule has 1 saturated heterocycles. The van der Waals surface area contributed by atoms with Crippen LogP contribution in [0.1, 0.15) is 45.6 Å². The van der Waals surface area contributed by atoms with Gasteiger partial charge >= 0.3 is 0 Å². The zero-order valence-electron chi connectivity index (χ0n) is 12.0. The van der Waals surface area contributed by atoms with E-state index in [1.165, 1.54) is 12.0 Å². The highest BCUT2D eigenvalue weighted by atomic mass is 15.2. The summed E-state index contributed by atoms with van der Waals surface area (Å²) in [5, 5.41) is 3.55. The number of hydrogen-bond donors (Lipinski definition) is 1. The molecule has 1 fully saturated rings. The maximum atomic E-state index is 4.64. The van der Waals surface area contributed by atoms with Crippen molar-refractivity contribution in [2.45, 2.75) is 52.1 Å². The van der Waals surface area contributed by atoms with Crippen LogP contribution in [0.4, 0.5) is 5.82 Å². The Kier molecular flexibility index (Phi) is 4.23. The maximum Gasteiger partial charge on any atom is 0.128 e. The Balaban J connectivity index is 2.09. The molecule has 2 rings (SSSR count). The summed E-state index contributed by atoms with van der Waals surface area (Å²) >= 11 is 0. The van der Waals surface area contributed by atoms with E-state index in [-0.39, 0.29) is 0 Å². The third-order valence-electron chi connectivity index (χ3n) is 3.83. The molecule has 100 valence electrons. The minimum Gasteiger partial charge on any atom is -0.354 e. The molecule has 0 radical (unpaired) electrons. The molecule has 1 aliphatic heterocycles. The molecule has 3 atom stereocenters. The third-order valence-corrected chi connectivity index (χ3v) is 3.83. The summed E-state index contributed by atoms with van der Waals surface area (Å²) in [5.74, 6) is 1.72. The van der Waals surface area contributed by atoms with Crippen molar-refractivity contribution in [2.24, 2.45) is 0 Å². The van der Waals surface area contributed by atoms with Crippen molar-refractivity contribution in [3.8, 4) is 0 Å². The van der Waals surface area contributed by atoms with E-state index in [4.69, 9.17) is 0 Å². The van der Waals surface area contributed by atoms with Crippen molar-refractivity contribution in [2.75, 3.05) is 18.0 Å². The number of nitrogens with one attached hydrogen (secondary N) is 1. The van der Waals surface area contributed by atoms with Gasteiger partial charge in [0.15, 0.2) is 0 Å². The zero-order valence-corrected chi connectivity index (χ0v) is 12.0. The van der Waals surface area contributed by atoms with Crippen LogP contribution in [0.15, 0.2) is 18.3 Å². The highest BCUT2D eigenvalue weighted by Crippen LogP contribution is 2.21. The fraction of sp³-hybridized carbons (Fsp3) is 0.667. The quantitative estimate of drug-likeness (QED) is 0.890. The molecule has 1 aromatic heterocycles. The predicted octanol–water partition coefficient (Wildman–Crippen LogP) is 2.78. The molecule has 3 heteroatoms. The number of pyridine rings is 1. The van der Waals surface area contributed by atoms with Crippen molar-refractivity contribution in [1.82, 2.24) is 10.3 Å². The molecule has 0 unspecified atom stereocenters. The largest absolute Gasteiger partial charge is 0.354 e. The van der Waals surface area contributed by atoms with Gasteiger partial charge in [0, 0.05) is 31.4 Å². The number of anilines is 1. The first kappa shape index (κ1) is 13.3. The SMILES string of the molecule is CC[C@H](C)c1ccc(N2C[C@@H](C)N[C@@H](C)C2)nc1. The van der Waals surface area contributed by atoms with Crippen LogP contribution in [0.5, 0.6) is 0 Å². The molecule has 3 nitrogen and oxygen atoms in total. The second kappa shape index (κ2) is 5.70. The minimum absolute atomic E-state index is 0.532. The number of hydrogen-bond acceptors (Lipinski definition) is 3. The summed E-state index contributed by atoms with van der Waals surface area (Å²) in [4.78, 5) is 7.02. The Bertz CT molecular complexity index is 364. The molecule has 0 bridgehead atoms. The first-order chi connectivity index (χ1) is 8.60.